The number of benzene rings is 1. The Labute approximate surface area is 76.8 Å². The highest BCUT2D eigenvalue weighted by Crippen LogP contribution is 2.19. The lowest BCUT2D eigenvalue weighted by Crippen LogP contribution is -2.11. The Morgan fingerprint density at radius 2 is 1.77 bits per heavy atom. The smallest absolute Gasteiger partial charge is 0.146 e. The van der Waals surface area contributed by atoms with Crippen LogP contribution in [0, 0.1) is 18.6 Å². The third kappa shape index (κ3) is 2.41. The molecule has 0 saturated carbocycles. The zero-order valence-corrected chi connectivity index (χ0v) is 7.99. The van der Waals surface area contributed by atoms with E-state index in [1.165, 1.54) is 19.1 Å². The van der Waals surface area contributed by atoms with Crippen molar-refractivity contribution in [2.75, 3.05) is 5.32 Å². The van der Waals surface area contributed by atoms with E-state index in [1.807, 2.05) is 13.8 Å². The van der Waals surface area contributed by atoms with Gasteiger partial charge in [-0.2, -0.15) is 0 Å². The molecule has 0 unspecified atom stereocenters. The molecule has 13 heavy (non-hydrogen) atoms. The summed E-state index contributed by atoms with van der Waals surface area (Å²) in [7, 11) is 0. The second-order valence-corrected chi connectivity index (χ2v) is 3.38. The average Bonchev–Trinajstić information content (AvgIpc) is 1.99. The predicted molar refractivity (Wildman–Crippen MR) is 49.9 cm³/mol. The van der Waals surface area contributed by atoms with Crippen LogP contribution in [0.15, 0.2) is 12.1 Å². The van der Waals surface area contributed by atoms with Gasteiger partial charge < -0.3 is 5.32 Å². The van der Waals surface area contributed by atoms with E-state index in [0.717, 1.165) is 0 Å². The fourth-order valence-electron chi connectivity index (χ4n) is 1.07. The monoisotopic (exact) mass is 185 g/mol. The minimum atomic E-state index is -0.410. The molecule has 0 heterocycles. The summed E-state index contributed by atoms with van der Waals surface area (Å²) in [6.07, 6.45) is 0. The number of hydrogen-bond acceptors (Lipinski definition) is 1. The zero-order valence-electron chi connectivity index (χ0n) is 7.99. The van der Waals surface area contributed by atoms with Gasteiger partial charge in [0, 0.05) is 12.1 Å². The molecule has 0 spiro atoms. The summed E-state index contributed by atoms with van der Waals surface area (Å²) in [6.45, 7) is 5.28. The second kappa shape index (κ2) is 3.73. The van der Waals surface area contributed by atoms with Gasteiger partial charge in [0.1, 0.15) is 11.6 Å². The van der Waals surface area contributed by atoms with Crippen LogP contribution in [0.2, 0.25) is 0 Å². The molecule has 0 aliphatic rings. The molecule has 0 saturated heterocycles. The average molecular weight is 185 g/mol. The SMILES string of the molecule is Cc1cc(F)c(NC(C)C)cc1F. The van der Waals surface area contributed by atoms with E-state index in [0.29, 0.717) is 5.56 Å². The van der Waals surface area contributed by atoms with Crippen LogP contribution in [0.25, 0.3) is 0 Å². The molecule has 0 aliphatic carbocycles. The van der Waals surface area contributed by atoms with Gasteiger partial charge in [0.25, 0.3) is 0 Å². The van der Waals surface area contributed by atoms with E-state index < -0.39 is 5.82 Å². The maximum absolute atomic E-state index is 13.2. The van der Waals surface area contributed by atoms with Gasteiger partial charge in [0.2, 0.25) is 0 Å². The Kier molecular flexibility index (Phi) is 2.86. The van der Waals surface area contributed by atoms with Crippen molar-refractivity contribution in [2.24, 2.45) is 0 Å². The molecule has 3 heteroatoms. The number of aryl methyl sites for hydroxylation is 1. The van der Waals surface area contributed by atoms with Gasteiger partial charge in [-0.25, -0.2) is 8.78 Å². The largest absolute Gasteiger partial charge is 0.380 e. The summed E-state index contributed by atoms with van der Waals surface area (Å²) >= 11 is 0. The summed E-state index contributed by atoms with van der Waals surface area (Å²) < 4.78 is 26.2. The van der Waals surface area contributed by atoms with Crippen LogP contribution in [-0.2, 0) is 0 Å². The van der Waals surface area contributed by atoms with E-state index in [-0.39, 0.29) is 17.5 Å². The molecule has 1 rings (SSSR count). The van der Waals surface area contributed by atoms with Crippen molar-refractivity contribution in [2.45, 2.75) is 26.8 Å². The molecule has 0 bridgehead atoms. The number of rotatable bonds is 2. The minimum Gasteiger partial charge on any atom is -0.380 e. The molecule has 1 N–H and O–H groups in total. The standard InChI is InChI=1S/C10H13F2N/c1-6(2)13-10-5-8(11)7(3)4-9(10)12/h4-6,13H,1-3H3. The maximum atomic E-state index is 13.2. The van der Waals surface area contributed by atoms with Crippen molar-refractivity contribution < 1.29 is 8.78 Å². The third-order valence-corrected chi connectivity index (χ3v) is 1.69. The van der Waals surface area contributed by atoms with Gasteiger partial charge in [0.05, 0.1) is 5.69 Å². The van der Waals surface area contributed by atoms with Crippen LogP contribution < -0.4 is 5.32 Å². The van der Waals surface area contributed by atoms with E-state index in [9.17, 15) is 8.78 Å². The van der Waals surface area contributed by atoms with Crippen molar-refractivity contribution in [3.8, 4) is 0 Å². The van der Waals surface area contributed by atoms with Crippen LogP contribution in [0.3, 0.4) is 0 Å². The summed E-state index contributed by atoms with van der Waals surface area (Å²) in [5.41, 5.74) is 0.546. The number of nitrogens with one attached hydrogen (secondary N) is 1. The van der Waals surface area contributed by atoms with Gasteiger partial charge in [-0.05, 0) is 32.4 Å². The molecule has 1 nitrogen and oxygen atoms in total. The normalized spacial score (nSPS) is 10.6. The number of halogens is 2. The molecular formula is C10H13F2N. The fraction of sp³-hybridized carbons (Fsp3) is 0.400. The van der Waals surface area contributed by atoms with Crippen molar-refractivity contribution in [3.05, 3.63) is 29.3 Å². The van der Waals surface area contributed by atoms with E-state index in [4.69, 9.17) is 0 Å². The minimum absolute atomic E-state index is 0.0941. The van der Waals surface area contributed by atoms with Crippen LogP contribution in [0.5, 0.6) is 0 Å². The first-order chi connectivity index (χ1) is 6.00. The second-order valence-electron chi connectivity index (χ2n) is 3.38. The van der Waals surface area contributed by atoms with Crippen molar-refractivity contribution in [3.63, 3.8) is 0 Å². The van der Waals surface area contributed by atoms with Crippen LogP contribution in [0.4, 0.5) is 14.5 Å². The van der Waals surface area contributed by atoms with Crippen LogP contribution in [0.1, 0.15) is 19.4 Å². The Morgan fingerprint density at radius 3 is 2.31 bits per heavy atom. The molecule has 0 aromatic heterocycles. The maximum Gasteiger partial charge on any atom is 0.146 e. The highest BCUT2D eigenvalue weighted by Gasteiger charge is 2.07. The fourth-order valence-corrected chi connectivity index (χ4v) is 1.07. The molecule has 1 aromatic rings. The van der Waals surface area contributed by atoms with Gasteiger partial charge in [-0.1, -0.05) is 0 Å². The van der Waals surface area contributed by atoms with Gasteiger partial charge in [0.15, 0.2) is 0 Å². The van der Waals surface area contributed by atoms with Gasteiger partial charge >= 0.3 is 0 Å². The first kappa shape index (κ1) is 9.96. The number of hydrogen-bond donors (Lipinski definition) is 1. The zero-order chi connectivity index (χ0) is 10.0. The Balaban J connectivity index is 3.01. The predicted octanol–water partition coefficient (Wildman–Crippen LogP) is 3.09. The lowest BCUT2D eigenvalue weighted by molar-refractivity contribution is 0.593. The lowest BCUT2D eigenvalue weighted by atomic mass is 10.2. The van der Waals surface area contributed by atoms with Crippen LogP contribution >= 0.6 is 0 Å². The highest BCUT2D eigenvalue weighted by molar-refractivity contribution is 5.47. The van der Waals surface area contributed by atoms with E-state index in [1.54, 1.807) is 0 Å². The lowest BCUT2D eigenvalue weighted by Gasteiger charge is -2.11. The van der Waals surface area contributed by atoms with Crippen molar-refractivity contribution >= 4 is 5.69 Å². The molecule has 0 amide bonds. The third-order valence-electron chi connectivity index (χ3n) is 1.69. The first-order valence-corrected chi connectivity index (χ1v) is 4.23. The summed E-state index contributed by atoms with van der Waals surface area (Å²) in [6, 6.07) is 2.47. The summed E-state index contributed by atoms with van der Waals surface area (Å²) in [4.78, 5) is 0. The van der Waals surface area contributed by atoms with Crippen molar-refractivity contribution in [1.82, 2.24) is 0 Å². The summed E-state index contributed by atoms with van der Waals surface area (Å²) in [5.74, 6) is -0.794. The van der Waals surface area contributed by atoms with E-state index >= 15 is 0 Å². The molecule has 0 aliphatic heterocycles. The Hall–Kier alpha value is -1.12. The molecule has 1 aromatic carbocycles. The molecule has 0 atom stereocenters. The quantitative estimate of drug-likeness (QED) is 0.746. The number of anilines is 1. The Morgan fingerprint density at radius 1 is 1.15 bits per heavy atom. The van der Waals surface area contributed by atoms with Crippen molar-refractivity contribution in [1.29, 1.82) is 0 Å². The van der Waals surface area contributed by atoms with E-state index in [2.05, 4.69) is 5.32 Å². The molecule has 0 fully saturated rings. The topological polar surface area (TPSA) is 12.0 Å². The molecular weight excluding hydrogens is 172 g/mol. The first-order valence-electron chi connectivity index (χ1n) is 4.23. The van der Waals surface area contributed by atoms with Crippen LogP contribution in [-0.4, -0.2) is 6.04 Å². The Bertz CT molecular complexity index is 308. The van der Waals surface area contributed by atoms with Gasteiger partial charge in [-0.3, -0.25) is 0 Å². The highest BCUT2D eigenvalue weighted by atomic mass is 19.1. The van der Waals surface area contributed by atoms with Gasteiger partial charge in [-0.15, -0.1) is 0 Å². The summed E-state index contributed by atoms with van der Waals surface area (Å²) in [5, 5.41) is 2.83. The molecule has 0 radical (unpaired) electrons. The molecule has 72 valence electrons.